The van der Waals surface area contributed by atoms with Crippen molar-refractivity contribution in [1.29, 1.82) is 0 Å². The second-order valence-corrected chi connectivity index (χ2v) is 4.26. The van der Waals surface area contributed by atoms with Crippen molar-refractivity contribution in [2.45, 2.75) is 13.0 Å². The predicted molar refractivity (Wildman–Crippen MR) is 73.8 cm³/mol. The molecule has 1 amide bonds. The van der Waals surface area contributed by atoms with Crippen molar-refractivity contribution in [3.05, 3.63) is 35.4 Å². The normalized spacial score (nSPS) is 11.4. The van der Waals surface area contributed by atoms with Gasteiger partial charge in [0.25, 0.3) is 5.91 Å². The van der Waals surface area contributed by atoms with Gasteiger partial charge in [0.2, 0.25) is 0 Å². The molecule has 4 heteroatoms. The molecule has 1 rings (SSSR count). The van der Waals surface area contributed by atoms with Crippen LogP contribution in [0.3, 0.4) is 0 Å². The molecule has 0 fully saturated rings. The van der Waals surface area contributed by atoms with E-state index in [4.69, 9.17) is 9.84 Å². The molecule has 0 radical (unpaired) electrons. The smallest absolute Gasteiger partial charge is 0.253 e. The Bertz CT molecular complexity index is 488. The van der Waals surface area contributed by atoms with Crippen molar-refractivity contribution in [3.63, 3.8) is 0 Å². The lowest BCUT2D eigenvalue weighted by molar-refractivity contribution is 0.0633. The fraction of sp³-hybridized carbons (Fsp3) is 0.400. The van der Waals surface area contributed by atoms with E-state index in [1.807, 2.05) is 6.92 Å². The molecule has 0 aliphatic rings. The molecule has 1 aromatic rings. The average Bonchev–Trinajstić information content (AvgIpc) is 2.44. The van der Waals surface area contributed by atoms with E-state index in [0.717, 1.165) is 0 Å². The van der Waals surface area contributed by atoms with Gasteiger partial charge in [-0.15, -0.1) is 0 Å². The monoisotopic (exact) mass is 261 g/mol. The maximum absolute atomic E-state index is 12.3. The summed E-state index contributed by atoms with van der Waals surface area (Å²) < 4.78 is 5.04. The van der Waals surface area contributed by atoms with Crippen LogP contribution in [-0.4, -0.2) is 49.3 Å². The molecule has 0 saturated carbocycles. The third-order valence-corrected chi connectivity index (χ3v) is 2.81. The van der Waals surface area contributed by atoms with Gasteiger partial charge in [-0.05, 0) is 25.1 Å². The van der Waals surface area contributed by atoms with Gasteiger partial charge in [-0.25, -0.2) is 0 Å². The van der Waals surface area contributed by atoms with Gasteiger partial charge in [-0.2, -0.15) is 0 Å². The highest BCUT2D eigenvalue weighted by atomic mass is 16.5. The minimum Gasteiger partial charge on any atom is -0.384 e. The van der Waals surface area contributed by atoms with Crippen LogP contribution < -0.4 is 0 Å². The lowest BCUT2D eigenvalue weighted by Crippen LogP contribution is -2.37. The Morgan fingerprint density at radius 3 is 2.89 bits per heavy atom. The standard InChI is InChI=1S/C15H19NO3/c1-12(11-19-3)16(2)15(18)14-8-4-6-13(10-14)7-5-9-17/h4,6,8,10,12,17H,9,11H2,1-3H3. The Kier molecular flexibility index (Phi) is 6.07. The minimum atomic E-state index is -0.192. The molecule has 0 heterocycles. The zero-order valence-corrected chi connectivity index (χ0v) is 11.5. The summed E-state index contributed by atoms with van der Waals surface area (Å²) in [6.07, 6.45) is 0. The number of methoxy groups -OCH3 is 1. The summed E-state index contributed by atoms with van der Waals surface area (Å²) in [5.74, 6) is 5.28. The number of nitrogens with zero attached hydrogens (tertiary/aromatic N) is 1. The summed E-state index contributed by atoms with van der Waals surface area (Å²) in [6.45, 7) is 2.23. The molecule has 1 unspecified atom stereocenters. The van der Waals surface area contributed by atoms with E-state index in [1.54, 1.807) is 43.3 Å². The molecule has 1 N–H and O–H groups in total. The number of benzene rings is 1. The number of aliphatic hydroxyl groups excluding tert-OH is 1. The van der Waals surface area contributed by atoms with Crippen LogP contribution in [0, 0.1) is 11.8 Å². The van der Waals surface area contributed by atoms with E-state index in [1.165, 1.54) is 0 Å². The number of amides is 1. The summed E-state index contributed by atoms with van der Waals surface area (Å²) in [5.41, 5.74) is 1.29. The number of hydrogen-bond acceptors (Lipinski definition) is 3. The van der Waals surface area contributed by atoms with Gasteiger partial charge < -0.3 is 14.7 Å². The molecular weight excluding hydrogens is 242 g/mol. The fourth-order valence-electron chi connectivity index (χ4n) is 1.63. The molecule has 4 nitrogen and oxygen atoms in total. The summed E-state index contributed by atoms with van der Waals surface area (Å²) in [4.78, 5) is 13.9. The minimum absolute atomic E-state index is 0.00434. The SMILES string of the molecule is COCC(C)N(C)C(=O)c1cccc(C#CCO)c1. The molecule has 102 valence electrons. The van der Waals surface area contributed by atoms with Crippen molar-refractivity contribution in [3.8, 4) is 11.8 Å². The van der Waals surface area contributed by atoms with Crippen LogP contribution in [0.15, 0.2) is 24.3 Å². The lowest BCUT2D eigenvalue weighted by atomic mass is 10.1. The zero-order valence-electron chi connectivity index (χ0n) is 11.5. The van der Waals surface area contributed by atoms with Gasteiger partial charge in [-0.3, -0.25) is 4.79 Å². The molecule has 0 spiro atoms. The summed E-state index contributed by atoms with van der Waals surface area (Å²) in [6, 6.07) is 7.06. The molecule has 1 aromatic carbocycles. The highest BCUT2D eigenvalue weighted by Gasteiger charge is 2.17. The Morgan fingerprint density at radius 2 is 2.26 bits per heavy atom. The Labute approximate surface area is 114 Å². The lowest BCUT2D eigenvalue weighted by Gasteiger charge is -2.24. The second-order valence-electron chi connectivity index (χ2n) is 4.26. The van der Waals surface area contributed by atoms with E-state index in [-0.39, 0.29) is 18.6 Å². The quantitative estimate of drug-likeness (QED) is 0.827. The van der Waals surface area contributed by atoms with E-state index in [0.29, 0.717) is 17.7 Å². The van der Waals surface area contributed by atoms with Crippen molar-refractivity contribution in [2.24, 2.45) is 0 Å². The largest absolute Gasteiger partial charge is 0.384 e. The number of likely N-dealkylation sites (N-methyl/N-ethyl adjacent to an activating group) is 1. The van der Waals surface area contributed by atoms with Gasteiger partial charge >= 0.3 is 0 Å². The summed E-state index contributed by atoms with van der Waals surface area (Å²) in [5, 5.41) is 8.66. The molecule has 0 aromatic heterocycles. The first-order valence-electron chi connectivity index (χ1n) is 6.06. The van der Waals surface area contributed by atoms with E-state index >= 15 is 0 Å². The van der Waals surface area contributed by atoms with Crippen LogP contribution in [0.5, 0.6) is 0 Å². The van der Waals surface area contributed by atoms with Gasteiger partial charge in [-0.1, -0.05) is 17.9 Å². The highest BCUT2D eigenvalue weighted by molar-refractivity contribution is 5.94. The molecule has 0 aliphatic carbocycles. The Morgan fingerprint density at radius 1 is 1.53 bits per heavy atom. The van der Waals surface area contributed by atoms with Gasteiger partial charge in [0.15, 0.2) is 0 Å². The summed E-state index contributed by atoms with van der Waals surface area (Å²) in [7, 11) is 3.36. The number of hydrogen-bond donors (Lipinski definition) is 1. The highest BCUT2D eigenvalue weighted by Crippen LogP contribution is 2.09. The van der Waals surface area contributed by atoms with E-state index in [2.05, 4.69) is 11.8 Å². The number of carbonyl (C=O) groups excluding carboxylic acids is 1. The van der Waals surface area contributed by atoms with Crippen molar-refractivity contribution < 1.29 is 14.6 Å². The number of rotatable bonds is 4. The first-order valence-corrected chi connectivity index (χ1v) is 6.06. The molecule has 1 atom stereocenters. The molecule has 0 bridgehead atoms. The fourth-order valence-corrected chi connectivity index (χ4v) is 1.63. The Balaban J connectivity index is 2.87. The maximum Gasteiger partial charge on any atom is 0.253 e. The first kappa shape index (κ1) is 15.2. The van der Waals surface area contributed by atoms with Crippen LogP contribution >= 0.6 is 0 Å². The molecule has 0 saturated heterocycles. The predicted octanol–water partition coefficient (Wildman–Crippen LogP) is 1.14. The summed E-state index contributed by atoms with van der Waals surface area (Å²) >= 11 is 0. The number of carbonyl (C=O) groups is 1. The molecule has 0 aliphatic heterocycles. The van der Waals surface area contributed by atoms with Crippen molar-refractivity contribution >= 4 is 5.91 Å². The van der Waals surface area contributed by atoms with Crippen LogP contribution in [0.1, 0.15) is 22.8 Å². The average molecular weight is 261 g/mol. The van der Waals surface area contributed by atoms with Crippen LogP contribution in [0.25, 0.3) is 0 Å². The van der Waals surface area contributed by atoms with E-state index in [9.17, 15) is 4.79 Å². The number of aliphatic hydroxyl groups is 1. The molecular formula is C15H19NO3. The Hall–Kier alpha value is -1.83. The van der Waals surface area contributed by atoms with E-state index < -0.39 is 0 Å². The topological polar surface area (TPSA) is 49.8 Å². The molecule has 19 heavy (non-hydrogen) atoms. The maximum atomic E-state index is 12.3. The van der Waals surface area contributed by atoms with Crippen LogP contribution in [-0.2, 0) is 4.74 Å². The van der Waals surface area contributed by atoms with Crippen molar-refractivity contribution in [2.75, 3.05) is 27.4 Å². The van der Waals surface area contributed by atoms with Crippen LogP contribution in [0.4, 0.5) is 0 Å². The third kappa shape index (κ3) is 4.40. The van der Waals surface area contributed by atoms with Crippen molar-refractivity contribution in [1.82, 2.24) is 4.90 Å². The van der Waals surface area contributed by atoms with Gasteiger partial charge in [0.05, 0.1) is 12.6 Å². The van der Waals surface area contributed by atoms with Crippen LogP contribution in [0.2, 0.25) is 0 Å². The zero-order chi connectivity index (χ0) is 14.3. The van der Waals surface area contributed by atoms with Gasteiger partial charge in [0.1, 0.15) is 6.61 Å². The third-order valence-electron chi connectivity index (χ3n) is 2.81. The first-order chi connectivity index (χ1) is 9.10. The second kappa shape index (κ2) is 7.57. The number of ether oxygens (including phenoxy) is 1. The van der Waals surface area contributed by atoms with Gasteiger partial charge in [0, 0.05) is 25.3 Å².